The standard InChI is InChI=1S/C19H25N7O/c1-12-6-7-17-15(9-12)16(24-25(17)3)10-20-19(27)26-8-4-5-14(11-26)18-21-13(2)22-23-18/h6-7,9,14H,4-5,8,10-11H2,1-3H3,(H,20,27)(H,21,22,23)/t14-/m0/s1. The molecule has 1 aromatic carbocycles. The maximum atomic E-state index is 12.7. The van der Waals surface area contributed by atoms with Crippen LogP contribution in [0.4, 0.5) is 4.79 Å². The Hall–Kier alpha value is -2.90. The highest BCUT2D eigenvalue weighted by molar-refractivity contribution is 5.83. The zero-order valence-electron chi connectivity index (χ0n) is 16.0. The van der Waals surface area contributed by atoms with Crippen LogP contribution in [0.25, 0.3) is 10.9 Å². The van der Waals surface area contributed by atoms with Crippen molar-refractivity contribution < 1.29 is 4.79 Å². The van der Waals surface area contributed by atoms with E-state index in [0.29, 0.717) is 13.1 Å². The van der Waals surface area contributed by atoms with Crippen LogP contribution in [0, 0.1) is 13.8 Å². The third-order valence-corrected chi connectivity index (χ3v) is 5.18. The first kappa shape index (κ1) is 17.5. The van der Waals surface area contributed by atoms with Gasteiger partial charge in [-0.15, -0.1) is 0 Å². The zero-order valence-corrected chi connectivity index (χ0v) is 16.0. The number of fused-ring (bicyclic) bond motifs is 1. The molecule has 1 atom stereocenters. The van der Waals surface area contributed by atoms with E-state index >= 15 is 0 Å². The summed E-state index contributed by atoms with van der Waals surface area (Å²) >= 11 is 0. The third-order valence-electron chi connectivity index (χ3n) is 5.18. The second-order valence-electron chi connectivity index (χ2n) is 7.31. The molecule has 0 saturated carbocycles. The molecule has 142 valence electrons. The number of likely N-dealkylation sites (tertiary alicyclic amines) is 1. The molecule has 2 N–H and O–H groups in total. The Morgan fingerprint density at radius 1 is 1.37 bits per heavy atom. The van der Waals surface area contributed by atoms with Gasteiger partial charge in [0.05, 0.1) is 17.8 Å². The molecule has 0 unspecified atom stereocenters. The smallest absolute Gasteiger partial charge is 0.317 e. The molecule has 8 heteroatoms. The minimum Gasteiger partial charge on any atom is -0.332 e. The van der Waals surface area contributed by atoms with Crippen molar-refractivity contribution in [2.24, 2.45) is 7.05 Å². The molecule has 1 aliphatic heterocycles. The number of aryl methyl sites for hydroxylation is 3. The van der Waals surface area contributed by atoms with E-state index < -0.39 is 0 Å². The number of aromatic nitrogens is 5. The van der Waals surface area contributed by atoms with E-state index in [-0.39, 0.29) is 11.9 Å². The van der Waals surface area contributed by atoms with E-state index in [0.717, 1.165) is 47.6 Å². The number of piperidine rings is 1. The molecule has 4 rings (SSSR count). The summed E-state index contributed by atoms with van der Waals surface area (Å²) in [5.74, 6) is 1.80. The van der Waals surface area contributed by atoms with Crippen LogP contribution < -0.4 is 5.32 Å². The second kappa shape index (κ2) is 7.02. The van der Waals surface area contributed by atoms with Crippen LogP contribution in [0.1, 0.15) is 41.7 Å². The van der Waals surface area contributed by atoms with Crippen LogP contribution in [-0.2, 0) is 13.6 Å². The third kappa shape index (κ3) is 3.51. The van der Waals surface area contributed by atoms with Gasteiger partial charge in [-0.1, -0.05) is 11.6 Å². The Balaban J connectivity index is 1.43. The number of aromatic amines is 1. The molecule has 8 nitrogen and oxygen atoms in total. The van der Waals surface area contributed by atoms with Crippen LogP contribution in [0.5, 0.6) is 0 Å². The van der Waals surface area contributed by atoms with Crippen LogP contribution in [0.15, 0.2) is 18.2 Å². The van der Waals surface area contributed by atoms with Gasteiger partial charge in [0.15, 0.2) is 5.82 Å². The minimum absolute atomic E-state index is 0.0570. The molecule has 0 spiro atoms. The van der Waals surface area contributed by atoms with Gasteiger partial charge < -0.3 is 10.2 Å². The molecule has 2 amide bonds. The maximum Gasteiger partial charge on any atom is 0.317 e. The molecule has 1 fully saturated rings. The van der Waals surface area contributed by atoms with Crippen molar-refractivity contribution in [1.82, 2.24) is 35.2 Å². The van der Waals surface area contributed by atoms with Crippen molar-refractivity contribution >= 4 is 16.9 Å². The first-order chi connectivity index (χ1) is 13.0. The number of carbonyl (C=O) groups is 1. The maximum absolute atomic E-state index is 12.7. The summed E-state index contributed by atoms with van der Waals surface area (Å²) < 4.78 is 1.86. The highest BCUT2D eigenvalue weighted by atomic mass is 16.2. The van der Waals surface area contributed by atoms with E-state index in [1.807, 2.05) is 23.6 Å². The van der Waals surface area contributed by atoms with Crippen molar-refractivity contribution in [3.8, 4) is 0 Å². The zero-order chi connectivity index (χ0) is 19.0. The van der Waals surface area contributed by atoms with Crippen LogP contribution in [0.2, 0.25) is 0 Å². The SMILES string of the molecule is Cc1ccc2c(c1)c(CNC(=O)N1CCC[C@H](c3n[nH]c(C)n3)C1)nn2C. The molecule has 0 aliphatic carbocycles. The summed E-state index contributed by atoms with van der Waals surface area (Å²) in [6, 6.07) is 6.20. The number of benzene rings is 1. The molecule has 1 aliphatic rings. The van der Waals surface area contributed by atoms with E-state index in [2.05, 4.69) is 50.7 Å². The fourth-order valence-electron chi connectivity index (χ4n) is 3.77. The Morgan fingerprint density at radius 2 is 2.22 bits per heavy atom. The molecule has 3 heterocycles. The van der Waals surface area contributed by atoms with E-state index in [1.165, 1.54) is 5.56 Å². The predicted octanol–water partition coefficient (Wildman–Crippen LogP) is 2.40. The average molecular weight is 367 g/mol. The summed E-state index contributed by atoms with van der Waals surface area (Å²) in [6.45, 7) is 5.77. The largest absolute Gasteiger partial charge is 0.332 e. The molecule has 0 radical (unpaired) electrons. The topological polar surface area (TPSA) is 91.7 Å². The first-order valence-corrected chi connectivity index (χ1v) is 9.35. The van der Waals surface area contributed by atoms with Gasteiger partial charge in [0.2, 0.25) is 0 Å². The van der Waals surface area contributed by atoms with Gasteiger partial charge in [-0.05, 0) is 38.8 Å². The fourth-order valence-corrected chi connectivity index (χ4v) is 3.77. The van der Waals surface area contributed by atoms with Crippen molar-refractivity contribution in [2.45, 2.75) is 39.2 Å². The lowest BCUT2D eigenvalue weighted by molar-refractivity contribution is 0.178. The quantitative estimate of drug-likeness (QED) is 0.743. The molecule has 1 saturated heterocycles. The van der Waals surface area contributed by atoms with Crippen molar-refractivity contribution in [1.29, 1.82) is 0 Å². The Morgan fingerprint density at radius 3 is 3.00 bits per heavy atom. The predicted molar refractivity (Wildman–Crippen MR) is 102 cm³/mol. The van der Waals surface area contributed by atoms with Gasteiger partial charge in [0, 0.05) is 31.4 Å². The van der Waals surface area contributed by atoms with Gasteiger partial charge in [-0.25, -0.2) is 9.78 Å². The lowest BCUT2D eigenvalue weighted by atomic mass is 9.98. The average Bonchev–Trinajstić information content (AvgIpc) is 3.23. The van der Waals surface area contributed by atoms with Crippen molar-refractivity contribution in [3.05, 3.63) is 41.1 Å². The van der Waals surface area contributed by atoms with Crippen LogP contribution in [0.3, 0.4) is 0 Å². The number of H-pyrrole nitrogens is 1. The molecule has 2 aromatic heterocycles. The Bertz CT molecular complexity index is 974. The summed E-state index contributed by atoms with van der Waals surface area (Å²) in [6.07, 6.45) is 1.96. The monoisotopic (exact) mass is 367 g/mol. The highest BCUT2D eigenvalue weighted by Crippen LogP contribution is 2.24. The van der Waals surface area contributed by atoms with E-state index in [1.54, 1.807) is 0 Å². The Kier molecular flexibility index (Phi) is 4.55. The normalized spacial score (nSPS) is 17.4. The number of amides is 2. The molecule has 27 heavy (non-hydrogen) atoms. The molecule has 3 aromatic rings. The number of urea groups is 1. The highest BCUT2D eigenvalue weighted by Gasteiger charge is 2.27. The number of nitrogens with zero attached hydrogens (tertiary/aromatic N) is 5. The lowest BCUT2D eigenvalue weighted by Crippen LogP contribution is -2.44. The minimum atomic E-state index is -0.0570. The van der Waals surface area contributed by atoms with Gasteiger partial charge >= 0.3 is 6.03 Å². The van der Waals surface area contributed by atoms with Crippen molar-refractivity contribution in [2.75, 3.05) is 13.1 Å². The summed E-state index contributed by atoms with van der Waals surface area (Å²) in [5, 5.41) is 15.8. The van der Waals surface area contributed by atoms with Gasteiger partial charge in [0.1, 0.15) is 5.82 Å². The summed E-state index contributed by atoms with van der Waals surface area (Å²) in [4.78, 5) is 19.0. The lowest BCUT2D eigenvalue weighted by Gasteiger charge is -2.31. The summed E-state index contributed by atoms with van der Waals surface area (Å²) in [5.41, 5.74) is 3.15. The number of carbonyl (C=O) groups excluding carboxylic acids is 1. The van der Waals surface area contributed by atoms with Gasteiger partial charge in [-0.3, -0.25) is 9.78 Å². The van der Waals surface area contributed by atoms with Gasteiger partial charge in [-0.2, -0.15) is 10.2 Å². The fraction of sp³-hybridized carbons (Fsp3) is 0.474. The Labute approximate surface area is 158 Å². The number of nitrogens with one attached hydrogen (secondary N) is 2. The van der Waals surface area contributed by atoms with E-state index in [9.17, 15) is 4.79 Å². The van der Waals surface area contributed by atoms with Crippen LogP contribution in [-0.4, -0.2) is 49.0 Å². The molecular weight excluding hydrogens is 342 g/mol. The summed E-state index contributed by atoms with van der Waals surface area (Å²) in [7, 11) is 1.93. The number of hydrogen-bond donors (Lipinski definition) is 2. The first-order valence-electron chi connectivity index (χ1n) is 9.35. The van der Waals surface area contributed by atoms with Crippen LogP contribution >= 0.6 is 0 Å². The second-order valence-corrected chi connectivity index (χ2v) is 7.31. The molecule has 0 bridgehead atoms. The van der Waals surface area contributed by atoms with Crippen molar-refractivity contribution in [3.63, 3.8) is 0 Å². The molecular formula is C19H25N7O. The number of hydrogen-bond acceptors (Lipinski definition) is 4. The van der Waals surface area contributed by atoms with Gasteiger partial charge in [0.25, 0.3) is 0 Å². The van der Waals surface area contributed by atoms with E-state index in [4.69, 9.17) is 0 Å². The number of rotatable bonds is 3.